The number of sulfone groups is 2. The topological polar surface area (TPSA) is 71.5 Å². The summed E-state index contributed by atoms with van der Waals surface area (Å²) in [7, 11) is -7.07. The normalized spacial score (nSPS) is 28.9. The van der Waals surface area contributed by atoms with E-state index < -0.39 is 31.0 Å². The van der Waals surface area contributed by atoms with E-state index in [0.29, 0.717) is 10.9 Å². The number of rotatable bonds is 3. The molecule has 5 nitrogen and oxygen atoms in total. The average Bonchev–Trinajstić information content (AvgIpc) is 2.85. The van der Waals surface area contributed by atoms with E-state index >= 15 is 0 Å². The molecule has 0 amide bonds. The van der Waals surface area contributed by atoms with Gasteiger partial charge in [0, 0.05) is 11.1 Å². The molecule has 3 rings (SSSR count). The number of likely N-dealkylation sites (tertiary alicyclic amines) is 1. The van der Waals surface area contributed by atoms with Gasteiger partial charge in [-0.05, 0) is 56.1 Å². The number of piperidine rings is 1. The maximum Gasteiger partial charge on any atom is 0.183 e. The van der Waals surface area contributed by atoms with Crippen LogP contribution < -0.4 is 0 Å². The van der Waals surface area contributed by atoms with Crippen LogP contribution in [0.4, 0.5) is 0 Å². The largest absolute Gasteiger partial charge is 0.298 e. The molecular weight excluding hydrogens is 370 g/mol. The molecule has 1 aromatic rings. The van der Waals surface area contributed by atoms with E-state index in [9.17, 15) is 16.8 Å². The zero-order valence-corrected chi connectivity index (χ0v) is 15.9. The third kappa shape index (κ3) is 3.64. The van der Waals surface area contributed by atoms with E-state index in [1.165, 1.54) is 24.3 Å². The highest BCUT2D eigenvalue weighted by atomic mass is 35.5. The highest BCUT2D eigenvalue weighted by molar-refractivity contribution is 7.96. The summed E-state index contributed by atoms with van der Waals surface area (Å²) in [5, 5.41) is -0.452. The summed E-state index contributed by atoms with van der Waals surface area (Å²) >= 11 is 5.83. The summed E-state index contributed by atoms with van der Waals surface area (Å²) in [6.07, 6.45) is 1.95. The van der Waals surface area contributed by atoms with Gasteiger partial charge < -0.3 is 0 Å². The van der Waals surface area contributed by atoms with Crippen LogP contribution in [0.3, 0.4) is 0 Å². The number of benzene rings is 1. The number of nitrogens with zero attached hydrogens (tertiary/aromatic N) is 1. The fraction of sp³-hybridized carbons (Fsp3) is 0.625. The zero-order valence-electron chi connectivity index (χ0n) is 13.6. The number of halogens is 1. The van der Waals surface area contributed by atoms with Crippen LogP contribution in [-0.4, -0.2) is 57.6 Å². The monoisotopic (exact) mass is 391 g/mol. The second-order valence-corrected chi connectivity index (χ2v) is 11.7. The Kier molecular flexibility index (Phi) is 4.99. The summed E-state index contributed by atoms with van der Waals surface area (Å²) in [4.78, 5) is 2.20. The van der Waals surface area contributed by atoms with Gasteiger partial charge in [0.05, 0.1) is 21.7 Å². The SMILES string of the molecule is CC1CCN([C@@H]2CS(=O)(=O)C[C@H]2S(=O)(=O)c2ccc(Cl)cc2)CC1. The predicted molar refractivity (Wildman–Crippen MR) is 94.8 cm³/mol. The first-order chi connectivity index (χ1) is 11.2. The van der Waals surface area contributed by atoms with Crippen molar-refractivity contribution >= 4 is 31.3 Å². The third-order valence-electron chi connectivity index (χ3n) is 5.10. The second-order valence-electron chi connectivity index (χ2n) is 6.90. The molecule has 0 aromatic heterocycles. The summed E-state index contributed by atoms with van der Waals surface area (Å²) in [5.41, 5.74) is 0. The van der Waals surface area contributed by atoms with Gasteiger partial charge in [0.15, 0.2) is 19.7 Å². The first-order valence-electron chi connectivity index (χ1n) is 8.13. The van der Waals surface area contributed by atoms with Gasteiger partial charge in [-0.25, -0.2) is 16.8 Å². The highest BCUT2D eigenvalue weighted by Crippen LogP contribution is 2.31. The van der Waals surface area contributed by atoms with Gasteiger partial charge >= 0.3 is 0 Å². The van der Waals surface area contributed by atoms with E-state index in [1.807, 2.05) is 0 Å². The van der Waals surface area contributed by atoms with Crippen molar-refractivity contribution in [1.82, 2.24) is 4.90 Å². The van der Waals surface area contributed by atoms with Gasteiger partial charge in [0.2, 0.25) is 0 Å². The molecule has 1 aromatic carbocycles. The Morgan fingerprint density at radius 1 is 1.08 bits per heavy atom. The van der Waals surface area contributed by atoms with Crippen molar-refractivity contribution in [2.75, 3.05) is 24.6 Å². The van der Waals surface area contributed by atoms with E-state index in [1.54, 1.807) is 0 Å². The van der Waals surface area contributed by atoms with Crippen LogP contribution in [0, 0.1) is 5.92 Å². The van der Waals surface area contributed by atoms with E-state index in [0.717, 1.165) is 25.9 Å². The van der Waals surface area contributed by atoms with Gasteiger partial charge in [-0.1, -0.05) is 18.5 Å². The third-order valence-corrected chi connectivity index (χ3v) is 9.49. The predicted octanol–water partition coefficient (Wildman–Crippen LogP) is 2.01. The first-order valence-corrected chi connectivity index (χ1v) is 11.9. The highest BCUT2D eigenvalue weighted by Gasteiger charge is 2.48. The Balaban J connectivity index is 1.92. The molecule has 134 valence electrons. The van der Waals surface area contributed by atoms with E-state index in [-0.39, 0.29) is 16.4 Å². The molecule has 2 saturated heterocycles. The van der Waals surface area contributed by atoms with Crippen molar-refractivity contribution in [3.05, 3.63) is 29.3 Å². The Labute approximate surface area is 148 Å². The molecule has 0 saturated carbocycles. The molecule has 2 aliphatic rings. The van der Waals surface area contributed by atoms with Crippen LogP contribution in [0.5, 0.6) is 0 Å². The summed E-state index contributed by atoms with van der Waals surface area (Å²) in [6.45, 7) is 3.69. The Hall–Kier alpha value is -0.630. The quantitative estimate of drug-likeness (QED) is 0.788. The Bertz CT molecular complexity index is 797. The maximum absolute atomic E-state index is 13.0. The molecule has 24 heavy (non-hydrogen) atoms. The molecule has 0 radical (unpaired) electrons. The fourth-order valence-corrected chi connectivity index (χ4v) is 8.55. The number of hydrogen-bond acceptors (Lipinski definition) is 5. The van der Waals surface area contributed by atoms with Crippen LogP contribution in [0.2, 0.25) is 5.02 Å². The van der Waals surface area contributed by atoms with Crippen LogP contribution >= 0.6 is 11.6 Å². The van der Waals surface area contributed by atoms with Crippen molar-refractivity contribution in [1.29, 1.82) is 0 Å². The molecule has 2 aliphatic heterocycles. The van der Waals surface area contributed by atoms with E-state index in [2.05, 4.69) is 11.8 Å². The van der Waals surface area contributed by atoms with Crippen LogP contribution in [0.15, 0.2) is 29.2 Å². The smallest absolute Gasteiger partial charge is 0.183 e. The standard InChI is InChI=1S/C16H22ClNO4S2/c1-12-6-8-18(9-7-12)15-10-23(19,20)11-16(15)24(21,22)14-4-2-13(17)3-5-14/h2-5,12,15-16H,6-11H2,1H3/t15-,16-/m1/s1. The average molecular weight is 392 g/mol. The van der Waals surface area contributed by atoms with Crippen molar-refractivity contribution in [2.45, 2.75) is 36.0 Å². The molecule has 2 atom stereocenters. The van der Waals surface area contributed by atoms with Crippen molar-refractivity contribution in [3.63, 3.8) is 0 Å². The van der Waals surface area contributed by atoms with Gasteiger partial charge in [-0.3, -0.25) is 4.90 Å². The lowest BCUT2D eigenvalue weighted by molar-refractivity contribution is 0.151. The summed E-state index contributed by atoms with van der Waals surface area (Å²) < 4.78 is 50.4. The number of hydrogen-bond donors (Lipinski definition) is 0. The lowest BCUT2D eigenvalue weighted by Crippen LogP contribution is -2.49. The lowest BCUT2D eigenvalue weighted by Gasteiger charge is -2.36. The van der Waals surface area contributed by atoms with Gasteiger partial charge in [-0.15, -0.1) is 0 Å². The van der Waals surface area contributed by atoms with Gasteiger partial charge in [-0.2, -0.15) is 0 Å². The van der Waals surface area contributed by atoms with Gasteiger partial charge in [0.25, 0.3) is 0 Å². The Morgan fingerprint density at radius 2 is 1.67 bits per heavy atom. The zero-order chi connectivity index (χ0) is 17.5. The molecule has 0 aliphatic carbocycles. The summed E-state index contributed by atoms with van der Waals surface area (Å²) in [5.74, 6) is 0.235. The second kappa shape index (κ2) is 6.59. The summed E-state index contributed by atoms with van der Waals surface area (Å²) in [6, 6.07) is 5.50. The van der Waals surface area contributed by atoms with Crippen LogP contribution in [-0.2, 0) is 19.7 Å². The molecule has 0 bridgehead atoms. The first kappa shape index (κ1) is 18.2. The Morgan fingerprint density at radius 3 is 2.25 bits per heavy atom. The van der Waals surface area contributed by atoms with Crippen molar-refractivity contribution in [3.8, 4) is 0 Å². The minimum atomic E-state index is -3.72. The van der Waals surface area contributed by atoms with Crippen LogP contribution in [0.25, 0.3) is 0 Å². The van der Waals surface area contributed by atoms with Gasteiger partial charge in [0.1, 0.15) is 0 Å². The minimum Gasteiger partial charge on any atom is -0.298 e. The lowest BCUT2D eigenvalue weighted by atomic mass is 9.98. The van der Waals surface area contributed by atoms with Crippen molar-refractivity contribution < 1.29 is 16.8 Å². The molecular formula is C16H22ClNO4S2. The molecule has 0 spiro atoms. The van der Waals surface area contributed by atoms with Crippen LogP contribution in [0.1, 0.15) is 19.8 Å². The van der Waals surface area contributed by atoms with Crippen molar-refractivity contribution in [2.24, 2.45) is 5.92 Å². The molecule has 2 fully saturated rings. The van der Waals surface area contributed by atoms with E-state index in [4.69, 9.17) is 11.6 Å². The molecule has 0 N–H and O–H groups in total. The molecule has 0 unspecified atom stereocenters. The molecule has 2 heterocycles. The maximum atomic E-state index is 13.0. The molecule has 8 heteroatoms. The fourth-order valence-electron chi connectivity index (χ4n) is 3.59. The minimum absolute atomic E-state index is 0.0706.